The van der Waals surface area contributed by atoms with Crippen molar-refractivity contribution in [1.82, 2.24) is 9.97 Å². The van der Waals surface area contributed by atoms with Crippen molar-refractivity contribution >= 4 is 17.3 Å². The molecule has 2 heterocycles. The van der Waals surface area contributed by atoms with Crippen molar-refractivity contribution in [2.24, 2.45) is 0 Å². The molecule has 0 atom stereocenters. The molecule has 2 aromatic rings. The van der Waals surface area contributed by atoms with Gasteiger partial charge in [-0.3, -0.25) is 4.98 Å². The molecule has 17 heavy (non-hydrogen) atoms. The van der Waals surface area contributed by atoms with E-state index in [9.17, 15) is 0 Å². The molecule has 0 aromatic carbocycles. The van der Waals surface area contributed by atoms with Crippen LogP contribution in [0.3, 0.4) is 0 Å². The van der Waals surface area contributed by atoms with Gasteiger partial charge in [0, 0.05) is 17.8 Å². The zero-order valence-electron chi connectivity index (χ0n) is 9.64. The van der Waals surface area contributed by atoms with E-state index in [0.29, 0.717) is 17.9 Å². The van der Waals surface area contributed by atoms with Crippen molar-refractivity contribution < 1.29 is 0 Å². The summed E-state index contributed by atoms with van der Waals surface area (Å²) in [7, 11) is 0. The summed E-state index contributed by atoms with van der Waals surface area (Å²) in [5, 5.41) is 0. The van der Waals surface area contributed by atoms with Crippen LogP contribution in [0.2, 0.25) is 0 Å². The first-order chi connectivity index (χ1) is 8.06. The molecule has 0 aliphatic heterocycles. The van der Waals surface area contributed by atoms with Gasteiger partial charge in [-0.1, -0.05) is 6.07 Å². The van der Waals surface area contributed by atoms with E-state index in [1.807, 2.05) is 25.1 Å². The second kappa shape index (κ2) is 4.29. The van der Waals surface area contributed by atoms with Crippen LogP contribution in [-0.4, -0.2) is 9.97 Å². The number of rotatable bonds is 2. The van der Waals surface area contributed by atoms with E-state index in [-0.39, 0.29) is 5.82 Å². The third kappa shape index (κ3) is 2.44. The van der Waals surface area contributed by atoms with Gasteiger partial charge in [0.25, 0.3) is 0 Å². The number of pyridine rings is 2. The molecule has 2 aromatic heterocycles. The van der Waals surface area contributed by atoms with Crippen LogP contribution in [0.5, 0.6) is 0 Å². The van der Waals surface area contributed by atoms with E-state index >= 15 is 0 Å². The van der Waals surface area contributed by atoms with Crippen LogP contribution in [-0.2, 0) is 6.42 Å². The van der Waals surface area contributed by atoms with Crippen LogP contribution in [0.1, 0.15) is 17.0 Å². The second-order valence-corrected chi connectivity index (χ2v) is 3.95. The highest BCUT2D eigenvalue weighted by Gasteiger charge is 2.07. The highest BCUT2D eigenvalue weighted by atomic mass is 14.9. The minimum absolute atomic E-state index is 0.271. The fourth-order valence-corrected chi connectivity index (χ4v) is 1.69. The molecule has 0 radical (unpaired) electrons. The number of hydrogen-bond donors (Lipinski definition) is 3. The predicted octanol–water partition coefficient (Wildman–Crippen LogP) is 1.12. The zero-order chi connectivity index (χ0) is 12.4. The molecule has 0 bridgehead atoms. The van der Waals surface area contributed by atoms with Crippen molar-refractivity contribution in [3.8, 4) is 0 Å². The van der Waals surface area contributed by atoms with Crippen LogP contribution in [0, 0.1) is 6.92 Å². The maximum Gasteiger partial charge on any atom is 0.149 e. The monoisotopic (exact) mass is 229 g/mol. The Morgan fingerprint density at radius 2 is 1.88 bits per heavy atom. The zero-order valence-corrected chi connectivity index (χ0v) is 9.64. The highest BCUT2D eigenvalue weighted by Crippen LogP contribution is 2.22. The molecule has 88 valence electrons. The Balaban J connectivity index is 2.36. The highest BCUT2D eigenvalue weighted by molar-refractivity contribution is 5.66. The van der Waals surface area contributed by atoms with Crippen molar-refractivity contribution in [2.45, 2.75) is 13.3 Å². The van der Waals surface area contributed by atoms with Gasteiger partial charge in [-0.15, -0.1) is 0 Å². The average Bonchev–Trinajstić information content (AvgIpc) is 2.25. The summed E-state index contributed by atoms with van der Waals surface area (Å²) in [5.74, 6) is 0.645. The summed E-state index contributed by atoms with van der Waals surface area (Å²) in [5.41, 5.74) is 20.4. The molecule has 0 saturated carbocycles. The number of hydrogen-bond acceptors (Lipinski definition) is 5. The van der Waals surface area contributed by atoms with Crippen LogP contribution in [0.15, 0.2) is 24.3 Å². The Kier molecular flexibility index (Phi) is 2.82. The van der Waals surface area contributed by atoms with Crippen molar-refractivity contribution in [3.05, 3.63) is 41.2 Å². The van der Waals surface area contributed by atoms with Crippen LogP contribution in [0.25, 0.3) is 0 Å². The van der Waals surface area contributed by atoms with Crippen molar-refractivity contribution in [2.75, 3.05) is 17.2 Å². The van der Waals surface area contributed by atoms with Gasteiger partial charge >= 0.3 is 0 Å². The summed E-state index contributed by atoms with van der Waals surface area (Å²) >= 11 is 0. The van der Waals surface area contributed by atoms with Crippen molar-refractivity contribution in [3.63, 3.8) is 0 Å². The third-order valence-corrected chi connectivity index (χ3v) is 2.51. The number of nitrogen functional groups attached to an aromatic ring is 3. The lowest BCUT2D eigenvalue weighted by atomic mass is 10.1. The summed E-state index contributed by atoms with van der Waals surface area (Å²) in [6.07, 6.45) is 0.602. The summed E-state index contributed by atoms with van der Waals surface area (Å²) in [6, 6.07) is 7.58. The van der Waals surface area contributed by atoms with Gasteiger partial charge in [-0.2, -0.15) is 0 Å². The summed E-state index contributed by atoms with van der Waals surface area (Å²) in [6.45, 7) is 1.95. The van der Waals surface area contributed by atoms with Crippen LogP contribution < -0.4 is 17.2 Å². The second-order valence-electron chi connectivity index (χ2n) is 3.95. The minimum Gasteiger partial charge on any atom is -0.396 e. The first-order valence-corrected chi connectivity index (χ1v) is 5.29. The molecule has 5 heteroatoms. The van der Waals surface area contributed by atoms with Crippen LogP contribution >= 0.6 is 0 Å². The normalized spacial score (nSPS) is 10.4. The maximum absolute atomic E-state index is 5.87. The lowest BCUT2D eigenvalue weighted by Crippen LogP contribution is -2.06. The Hall–Kier alpha value is -2.30. The molecule has 0 amide bonds. The topological polar surface area (TPSA) is 104 Å². The molecule has 0 unspecified atom stereocenters. The molecule has 0 saturated heterocycles. The molecule has 2 rings (SSSR count). The average molecular weight is 229 g/mol. The number of aryl methyl sites for hydroxylation is 1. The maximum atomic E-state index is 5.87. The fraction of sp³-hybridized carbons (Fsp3) is 0.167. The van der Waals surface area contributed by atoms with E-state index in [4.69, 9.17) is 17.2 Å². The predicted molar refractivity (Wildman–Crippen MR) is 69.3 cm³/mol. The first-order valence-electron chi connectivity index (χ1n) is 5.29. The molecule has 6 N–H and O–H groups in total. The van der Waals surface area contributed by atoms with Gasteiger partial charge < -0.3 is 17.2 Å². The Morgan fingerprint density at radius 3 is 2.59 bits per heavy atom. The van der Waals surface area contributed by atoms with Crippen LogP contribution in [0.4, 0.5) is 17.3 Å². The lowest BCUT2D eigenvalue weighted by Gasteiger charge is -2.08. The quantitative estimate of drug-likeness (QED) is 0.716. The van der Waals surface area contributed by atoms with Gasteiger partial charge in [0.1, 0.15) is 11.6 Å². The molecule has 0 spiro atoms. The number of nitrogens with two attached hydrogens (primary N) is 3. The molecule has 0 aliphatic carbocycles. The van der Waals surface area contributed by atoms with Gasteiger partial charge in [0.2, 0.25) is 0 Å². The van der Waals surface area contributed by atoms with E-state index in [2.05, 4.69) is 9.97 Å². The molecular weight excluding hydrogens is 214 g/mol. The largest absolute Gasteiger partial charge is 0.396 e. The Labute approximate surface area is 99.7 Å². The van der Waals surface area contributed by atoms with Gasteiger partial charge in [0.15, 0.2) is 0 Å². The molecule has 5 nitrogen and oxygen atoms in total. The van der Waals surface area contributed by atoms with Gasteiger partial charge in [-0.25, -0.2) is 4.98 Å². The summed E-state index contributed by atoms with van der Waals surface area (Å²) < 4.78 is 0. The van der Waals surface area contributed by atoms with E-state index < -0.39 is 0 Å². The Bertz CT molecular complexity index is 551. The lowest BCUT2D eigenvalue weighted by molar-refractivity contribution is 1.04. The fourth-order valence-electron chi connectivity index (χ4n) is 1.69. The summed E-state index contributed by atoms with van der Waals surface area (Å²) in [4.78, 5) is 8.31. The SMILES string of the molecule is Cc1cccc(Cc2cc(N)nc(N)c2N)n1. The number of nitrogens with zero attached hydrogens (tertiary/aromatic N) is 2. The Morgan fingerprint density at radius 1 is 1.12 bits per heavy atom. The van der Waals surface area contributed by atoms with Gasteiger partial charge in [-0.05, 0) is 30.7 Å². The van der Waals surface area contributed by atoms with Gasteiger partial charge in [0.05, 0.1) is 5.69 Å². The molecular formula is C12H15N5. The molecule has 0 aliphatic rings. The van der Waals surface area contributed by atoms with E-state index in [0.717, 1.165) is 17.0 Å². The minimum atomic E-state index is 0.271. The molecule has 0 fully saturated rings. The number of anilines is 3. The standard InChI is InChI=1S/C12H15N5/c1-7-3-2-4-9(16-7)5-8-6-10(13)17-12(15)11(8)14/h2-4,6H,5,14H2,1H3,(H4,13,15,17). The number of aromatic nitrogens is 2. The first kappa shape index (κ1) is 11.2. The van der Waals surface area contributed by atoms with Crippen molar-refractivity contribution in [1.29, 1.82) is 0 Å². The van der Waals surface area contributed by atoms with E-state index in [1.165, 1.54) is 0 Å². The van der Waals surface area contributed by atoms with E-state index in [1.54, 1.807) is 6.07 Å². The third-order valence-electron chi connectivity index (χ3n) is 2.51. The smallest absolute Gasteiger partial charge is 0.149 e.